The first kappa shape index (κ1) is 13.0. The Morgan fingerprint density at radius 3 is 2.73 bits per heavy atom. The molecule has 0 atom stereocenters. The monoisotopic (exact) mass is 295 g/mol. The van der Waals surface area contributed by atoms with Gasteiger partial charge in [-0.05, 0) is 31.9 Å². The molecule has 0 spiro atoms. The smallest absolute Gasteiger partial charge is 0.209 e. The molecule has 1 saturated heterocycles. The minimum absolute atomic E-state index is 0.409. The van der Waals surface area contributed by atoms with E-state index in [1.807, 2.05) is 19.1 Å². The van der Waals surface area contributed by atoms with E-state index in [0.29, 0.717) is 11.8 Å². The maximum atomic E-state index is 6.20. The number of aryl methyl sites for hydroxylation is 1. The lowest BCUT2D eigenvalue weighted by molar-refractivity contribution is 0.917. The zero-order chi connectivity index (χ0) is 15.1. The number of aromatic nitrogens is 5. The van der Waals surface area contributed by atoms with E-state index in [2.05, 4.69) is 25.1 Å². The molecule has 1 aliphatic heterocycles. The van der Waals surface area contributed by atoms with Gasteiger partial charge in [-0.15, -0.1) is 10.2 Å². The summed E-state index contributed by atoms with van der Waals surface area (Å²) in [4.78, 5) is 11.0. The summed E-state index contributed by atoms with van der Waals surface area (Å²) in [5.41, 5.74) is 8.84. The molecule has 2 N–H and O–H groups in total. The number of nitrogen functional groups attached to an aromatic ring is 1. The van der Waals surface area contributed by atoms with Gasteiger partial charge in [-0.25, -0.2) is 4.40 Å². The fourth-order valence-corrected chi connectivity index (χ4v) is 3.01. The summed E-state index contributed by atoms with van der Waals surface area (Å²) in [5, 5.41) is 8.62. The van der Waals surface area contributed by atoms with Crippen LogP contribution in [0.1, 0.15) is 18.4 Å². The fourth-order valence-electron chi connectivity index (χ4n) is 3.01. The van der Waals surface area contributed by atoms with E-state index in [1.165, 1.54) is 12.8 Å². The quantitative estimate of drug-likeness (QED) is 0.774. The molecule has 0 bridgehead atoms. The van der Waals surface area contributed by atoms with Crippen molar-refractivity contribution >= 4 is 17.4 Å². The van der Waals surface area contributed by atoms with E-state index in [9.17, 15) is 0 Å². The number of rotatable bonds is 2. The van der Waals surface area contributed by atoms with Gasteiger partial charge in [-0.2, -0.15) is 4.98 Å². The Bertz CT molecular complexity index is 819. The first-order chi connectivity index (χ1) is 10.8. The van der Waals surface area contributed by atoms with E-state index in [1.54, 1.807) is 16.8 Å². The molecular weight excluding hydrogens is 278 g/mol. The van der Waals surface area contributed by atoms with Crippen molar-refractivity contribution in [1.82, 2.24) is 24.6 Å². The summed E-state index contributed by atoms with van der Waals surface area (Å²) >= 11 is 0. The van der Waals surface area contributed by atoms with Gasteiger partial charge in [0.15, 0.2) is 11.5 Å². The van der Waals surface area contributed by atoms with Crippen LogP contribution in [-0.4, -0.2) is 37.7 Å². The molecule has 1 aliphatic rings. The molecule has 0 saturated carbocycles. The Kier molecular flexibility index (Phi) is 2.92. The third kappa shape index (κ3) is 1.89. The van der Waals surface area contributed by atoms with Gasteiger partial charge in [0, 0.05) is 36.6 Å². The highest BCUT2D eigenvalue weighted by molar-refractivity contribution is 5.69. The van der Waals surface area contributed by atoms with E-state index < -0.39 is 0 Å². The normalized spacial score (nSPS) is 14.9. The number of pyridine rings is 1. The third-order valence-corrected chi connectivity index (χ3v) is 4.11. The van der Waals surface area contributed by atoms with Crippen molar-refractivity contribution in [3.63, 3.8) is 0 Å². The van der Waals surface area contributed by atoms with Crippen LogP contribution in [0.15, 0.2) is 24.5 Å². The van der Waals surface area contributed by atoms with Gasteiger partial charge >= 0.3 is 0 Å². The van der Waals surface area contributed by atoms with Crippen LogP contribution in [-0.2, 0) is 0 Å². The Hall–Kier alpha value is -2.70. The van der Waals surface area contributed by atoms with Crippen LogP contribution in [0.4, 0.5) is 11.8 Å². The molecule has 0 unspecified atom stereocenters. The molecule has 0 aliphatic carbocycles. The predicted octanol–water partition coefficient (Wildman–Crippen LogP) is 1.68. The summed E-state index contributed by atoms with van der Waals surface area (Å²) < 4.78 is 1.80. The molecule has 7 heteroatoms. The average molecular weight is 295 g/mol. The summed E-state index contributed by atoms with van der Waals surface area (Å²) in [7, 11) is 0. The molecule has 3 aromatic rings. The number of nitrogens with two attached hydrogens (primary N) is 1. The predicted molar refractivity (Wildman–Crippen MR) is 84.6 cm³/mol. The van der Waals surface area contributed by atoms with Gasteiger partial charge in [0.25, 0.3) is 0 Å². The van der Waals surface area contributed by atoms with E-state index >= 15 is 0 Å². The second-order valence-corrected chi connectivity index (χ2v) is 5.54. The van der Waals surface area contributed by atoms with Gasteiger partial charge in [0.2, 0.25) is 5.95 Å². The third-order valence-electron chi connectivity index (χ3n) is 4.11. The summed E-state index contributed by atoms with van der Waals surface area (Å²) in [6.45, 7) is 4.07. The number of fused-ring (bicyclic) bond motifs is 1. The van der Waals surface area contributed by atoms with Crippen molar-refractivity contribution in [2.24, 2.45) is 0 Å². The topological polar surface area (TPSA) is 85.2 Å². The minimum Gasteiger partial charge on any atom is -0.369 e. The second kappa shape index (κ2) is 4.94. The molecule has 1 fully saturated rings. The zero-order valence-electron chi connectivity index (χ0n) is 12.4. The van der Waals surface area contributed by atoms with Gasteiger partial charge in [-0.1, -0.05) is 0 Å². The molecule has 22 heavy (non-hydrogen) atoms. The van der Waals surface area contributed by atoms with Crippen molar-refractivity contribution in [2.75, 3.05) is 23.7 Å². The number of anilines is 2. The van der Waals surface area contributed by atoms with E-state index in [-0.39, 0.29) is 0 Å². The van der Waals surface area contributed by atoms with Crippen LogP contribution in [0.25, 0.3) is 17.0 Å². The van der Waals surface area contributed by atoms with Crippen molar-refractivity contribution in [1.29, 1.82) is 0 Å². The number of hydrogen-bond acceptors (Lipinski definition) is 6. The maximum absolute atomic E-state index is 6.20. The molecular formula is C15H17N7. The van der Waals surface area contributed by atoms with Crippen LogP contribution < -0.4 is 10.6 Å². The first-order valence-electron chi connectivity index (χ1n) is 7.42. The summed E-state index contributed by atoms with van der Waals surface area (Å²) in [5.74, 6) is 2.00. The molecule has 3 aromatic heterocycles. The zero-order valence-corrected chi connectivity index (χ0v) is 12.4. The summed E-state index contributed by atoms with van der Waals surface area (Å²) in [6.07, 6.45) is 5.87. The minimum atomic E-state index is 0.409. The van der Waals surface area contributed by atoms with Gasteiger partial charge in [0.05, 0.1) is 0 Å². The lowest BCUT2D eigenvalue weighted by Gasteiger charge is -2.19. The van der Waals surface area contributed by atoms with E-state index in [4.69, 9.17) is 5.73 Å². The van der Waals surface area contributed by atoms with Crippen molar-refractivity contribution in [3.05, 3.63) is 30.1 Å². The average Bonchev–Trinajstić information content (AvgIpc) is 3.21. The largest absolute Gasteiger partial charge is 0.369 e. The van der Waals surface area contributed by atoms with Crippen LogP contribution in [0.3, 0.4) is 0 Å². The Balaban J connectivity index is 1.92. The molecule has 112 valence electrons. The van der Waals surface area contributed by atoms with Gasteiger partial charge in [-0.3, -0.25) is 4.98 Å². The lowest BCUT2D eigenvalue weighted by atomic mass is 10.2. The van der Waals surface area contributed by atoms with Crippen molar-refractivity contribution in [2.45, 2.75) is 19.8 Å². The molecule has 4 heterocycles. The van der Waals surface area contributed by atoms with Crippen molar-refractivity contribution in [3.8, 4) is 11.4 Å². The van der Waals surface area contributed by atoms with Crippen LogP contribution >= 0.6 is 0 Å². The highest BCUT2D eigenvalue weighted by Crippen LogP contribution is 2.28. The molecule has 4 rings (SSSR count). The lowest BCUT2D eigenvalue weighted by Crippen LogP contribution is -2.21. The number of hydrogen-bond donors (Lipinski definition) is 1. The van der Waals surface area contributed by atoms with E-state index in [0.717, 1.165) is 35.7 Å². The van der Waals surface area contributed by atoms with Crippen molar-refractivity contribution < 1.29 is 0 Å². The number of nitrogens with zero attached hydrogens (tertiary/aromatic N) is 6. The summed E-state index contributed by atoms with van der Waals surface area (Å²) in [6, 6.07) is 3.80. The Morgan fingerprint density at radius 2 is 2.00 bits per heavy atom. The second-order valence-electron chi connectivity index (χ2n) is 5.54. The van der Waals surface area contributed by atoms with Crippen LogP contribution in [0, 0.1) is 6.92 Å². The van der Waals surface area contributed by atoms with Gasteiger partial charge in [0.1, 0.15) is 5.82 Å². The maximum Gasteiger partial charge on any atom is 0.209 e. The first-order valence-corrected chi connectivity index (χ1v) is 7.42. The Labute approximate surface area is 127 Å². The SMILES string of the molecule is Cc1c(N2CCCC2)nc(N)n2c(-c3cccnc3)nnc12. The molecule has 7 nitrogen and oxygen atoms in total. The molecule has 0 radical (unpaired) electrons. The van der Waals surface area contributed by atoms with Crippen LogP contribution in [0.5, 0.6) is 0 Å². The highest BCUT2D eigenvalue weighted by atomic mass is 15.3. The van der Waals surface area contributed by atoms with Gasteiger partial charge < -0.3 is 10.6 Å². The molecule has 0 aromatic carbocycles. The van der Waals surface area contributed by atoms with Crippen LogP contribution in [0.2, 0.25) is 0 Å². The Morgan fingerprint density at radius 1 is 1.18 bits per heavy atom. The fraction of sp³-hybridized carbons (Fsp3) is 0.333. The standard InChI is InChI=1S/C15H17N7/c1-10-12(21-7-2-3-8-21)18-15(16)22-13(10)19-20-14(22)11-5-4-6-17-9-11/h4-6,9H,2-3,7-8H2,1H3,(H2,16,18). The highest BCUT2D eigenvalue weighted by Gasteiger charge is 2.21. The molecule has 0 amide bonds.